The van der Waals surface area contributed by atoms with E-state index >= 15 is 0 Å². The van der Waals surface area contributed by atoms with E-state index in [1.54, 1.807) is 6.07 Å². The highest BCUT2D eigenvalue weighted by atomic mass is 32.2. The first kappa shape index (κ1) is 18.9. The predicted octanol–water partition coefficient (Wildman–Crippen LogP) is 4.46. The average Bonchev–Trinajstić information content (AvgIpc) is 3.00. The second-order valence-corrected chi connectivity index (χ2v) is 7.83. The molecule has 1 heterocycles. The van der Waals surface area contributed by atoms with Crippen LogP contribution in [0.25, 0.3) is 0 Å². The molecule has 1 saturated carbocycles. The number of ether oxygens (including phenoxy) is 1. The fourth-order valence-corrected chi connectivity index (χ4v) is 4.50. The smallest absolute Gasteiger partial charge is 0.191 e. The van der Waals surface area contributed by atoms with Gasteiger partial charge in [0.05, 0.1) is 12.9 Å². The van der Waals surface area contributed by atoms with Crippen LogP contribution in [0, 0.1) is 18.7 Å². The minimum Gasteiger partial charge on any atom is -0.494 e. The molecule has 1 aliphatic rings. The van der Waals surface area contributed by atoms with Crippen LogP contribution in [-0.4, -0.2) is 33.4 Å². The molecule has 0 amide bonds. The van der Waals surface area contributed by atoms with Crippen LogP contribution >= 0.6 is 11.8 Å². The molecule has 0 unspecified atom stereocenters. The molecule has 0 spiro atoms. The highest BCUT2D eigenvalue weighted by molar-refractivity contribution is 7.99. The second kappa shape index (κ2) is 8.20. The van der Waals surface area contributed by atoms with Gasteiger partial charge in [0.2, 0.25) is 0 Å². The number of aryl methyl sites for hydroxylation is 1. The summed E-state index contributed by atoms with van der Waals surface area (Å²) in [5, 5.41) is 9.23. The van der Waals surface area contributed by atoms with Crippen molar-refractivity contribution in [2.45, 2.75) is 50.7 Å². The quantitative estimate of drug-likeness (QED) is 0.549. The molecule has 2 atom stereocenters. The molecule has 1 aromatic carbocycles. The average molecular weight is 377 g/mol. The van der Waals surface area contributed by atoms with Gasteiger partial charge in [-0.25, -0.2) is 4.39 Å². The van der Waals surface area contributed by atoms with Crippen molar-refractivity contribution in [1.82, 2.24) is 14.8 Å². The van der Waals surface area contributed by atoms with Gasteiger partial charge >= 0.3 is 0 Å². The third-order valence-electron chi connectivity index (χ3n) is 4.91. The largest absolute Gasteiger partial charge is 0.494 e. The number of benzene rings is 1. The maximum absolute atomic E-state index is 13.8. The maximum atomic E-state index is 13.8. The standard InChI is InChI=1S/C19H24FN3O2S/c1-12-5-4-6-15(9-12)23-13(2)21-22-19(23)26-11-17(24)14-7-8-18(25-3)16(20)10-14/h7-8,10,12,15H,4-6,9,11H2,1-3H3/t12-,15+/m1/s1. The van der Waals surface area contributed by atoms with Gasteiger partial charge in [-0.3, -0.25) is 4.79 Å². The number of nitrogens with zero attached hydrogens (tertiary/aromatic N) is 3. The number of Topliss-reactive ketones (excluding diaryl/α,β-unsaturated/α-hetero) is 1. The maximum Gasteiger partial charge on any atom is 0.191 e. The van der Waals surface area contributed by atoms with Gasteiger partial charge in [-0.15, -0.1) is 10.2 Å². The van der Waals surface area contributed by atoms with E-state index in [1.165, 1.54) is 43.8 Å². The number of hydrogen-bond acceptors (Lipinski definition) is 5. The monoisotopic (exact) mass is 377 g/mol. The third kappa shape index (κ3) is 4.09. The molecular weight excluding hydrogens is 353 g/mol. The minimum atomic E-state index is -0.529. The lowest BCUT2D eigenvalue weighted by Crippen LogP contribution is -2.19. The van der Waals surface area contributed by atoms with Crippen LogP contribution in [0.4, 0.5) is 4.39 Å². The molecule has 3 rings (SSSR count). The van der Waals surface area contributed by atoms with E-state index < -0.39 is 5.82 Å². The number of methoxy groups -OCH3 is 1. The summed E-state index contributed by atoms with van der Waals surface area (Å²) in [4.78, 5) is 12.4. The Morgan fingerprint density at radius 1 is 1.38 bits per heavy atom. The van der Waals surface area contributed by atoms with Crippen molar-refractivity contribution in [3.05, 3.63) is 35.4 Å². The first-order valence-electron chi connectivity index (χ1n) is 8.90. The third-order valence-corrected chi connectivity index (χ3v) is 5.86. The fourth-order valence-electron chi connectivity index (χ4n) is 3.56. The van der Waals surface area contributed by atoms with E-state index in [9.17, 15) is 9.18 Å². The summed E-state index contributed by atoms with van der Waals surface area (Å²) in [7, 11) is 1.40. The van der Waals surface area contributed by atoms with Crippen molar-refractivity contribution in [2.24, 2.45) is 5.92 Å². The zero-order chi connectivity index (χ0) is 18.7. The molecule has 1 fully saturated rings. The fraction of sp³-hybridized carbons (Fsp3) is 0.526. The number of carbonyl (C=O) groups is 1. The van der Waals surface area contributed by atoms with Crippen LogP contribution in [0.3, 0.4) is 0 Å². The minimum absolute atomic E-state index is 0.135. The van der Waals surface area contributed by atoms with E-state index in [4.69, 9.17) is 4.74 Å². The second-order valence-electron chi connectivity index (χ2n) is 6.89. The van der Waals surface area contributed by atoms with Crippen LogP contribution in [0.2, 0.25) is 0 Å². The van der Waals surface area contributed by atoms with Crippen LogP contribution in [-0.2, 0) is 0 Å². The number of aromatic nitrogens is 3. The zero-order valence-electron chi connectivity index (χ0n) is 15.4. The van der Waals surface area contributed by atoms with Gasteiger partial charge in [-0.2, -0.15) is 0 Å². The summed E-state index contributed by atoms with van der Waals surface area (Å²) in [6, 6.07) is 4.68. The van der Waals surface area contributed by atoms with Crippen molar-refractivity contribution >= 4 is 17.5 Å². The van der Waals surface area contributed by atoms with E-state index in [-0.39, 0.29) is 17.3 Å². The van der Waals surface area contributed by atoms with Gasteiger partial charge in [-0.05, 0) is 43.9 Å². The number of carbonyl (C=O) groups excluding carboxylic acids is 1. The van der Waals surface area contributed by atoms with Gasteiger partial charge in [0.25, 0.3) is 0 Å². The first-order valence-corrected chi connectivity index (χ1v) is 9.89. The van der Waals surface area contributed by atoms with Crippen molar-refractivity contribution < 1.29 is 13.9 Å². The number of thioether (sulfide) groups is 1. The van der Waals surface area contributed by atoms with Crippen LogP contribution in [0.15, 0.2) is 23.4 Å². The van der Waals surface area contributed by atoms with Gasteiger partial charge in [0.15, 0.2) is 22.5 Å². The Morgan fingerprint density at radius 3 is 2.88 bits per heavy atom. The molecule has 0 radical (unpaired) electrons. The SMILES string of the molecule is COc1ccc(C(=O)CSc2nnc(C)n2[C@H]2CCC[C@@H](C)C2)cc1F. The molecule has 0 aliphatic heterocycles. The van der Waals surface area contributed by atoms with Gasteiger partial charge < -0.3 is 9.30 Å². The highest BCUT2D eigenvalue weighted by Crippen LogP contribution is 2.35. The normalized spacial score (nSPS) is 20.2. The van der Waals surface area contributed by atoms with Gasteiger partial charge in [0.1, 0.15) is 5.82 Å². The van der Waals surface area contributed by atoms with E-state index in [2.05, 4.69) is 21.7 Å². The van der Waals surface area contributed by atoms with E-state index in [1.807, 2.05) is 6.92 Å². The summed E-state index contributed by atoms with van der Waals surface area (Å²) in [5.41, 5.74) is 0.338. The lowest BCUT2D eigenvalue weighted by atomic mass is 9.87. The molecule has 1 aromatic heterocycles. The molecule has 0 saturated heterocycles. The Labute approximate surface area is 157 Å². The first-order chi connectivity index (χ1) is 12.5. The Hall–Kier alpha value is -1.89. The highest BCUT2D eigenvalue weighted by Gasteiger charge is 2.25. The lowest BCUT2D eigenvalue weighted by molar-refractivity contribution is 0.102. The molecule has 26 heavy (non-hydrogen) atoms. The number of ketones is 1. The molecule has 7 heteroatoms. The molecule has 2 aromatic rings. The molecule has 140 valence electrons. The predicted molar refractivity (Wildman–Crippen MR) is 99.4 cm³/mol. The number of rotatable bonds is 6. The molecule has 1 aliphatic carbocycles. The van der Waals surface area contributed by atoms with Gasteiger partial charge in [0, 0.05) is 11.6 Å². The summed E-state index contributed by atoms with van der Waals surface area (Å²) in [6.45, 7) is 4.23. The van der Waals surface area contributed by atoms with E-state index in [0.29, 0.717) is 17.5 Å². The number of hydrogen-bond donors (Lipinski definition) is 0. The Morgan fingerprint density at radius 2 is 2.19 bits per heavy atom. The summed E-state index contributed by atoms with van der Waals surface area (Å²) in [6.07, 6.45) is 4.71. The van der Waals surface area contributed by atoms with Crippen molar-refractivity contribution in [3.63, 3.8) is 0 Å². The summed E-state index contributed by atoms with van der Waals surface area (Å²) < 4.78 is 20.9. The van der Waals surface area contributed by atoms with Crippen molar-refractivity contribution in [3.8, 4) is 5.75 Å². The molecule has 0 N–H and O–H groups in total. The van der Waals surface area contributed by atoms with Crippen LogP contribution in [0.5, 0.6) is 5.75 Å². The Kier molecular flexibility index (Phi) is 5.96. The lowest BCUT2D eigenvalue weighted by Gasteiger charge is -2.29. The Balaban J connectivity index is 1.70. The topological polar surface area (TPSA) is 57.0 Å². The molecule has 0 bridgehead atoms. The van der Waals surface area contributed by atoms with Crippen molar-refractivity contribution in [2.75, 3.05) is 12.9 Å². The van der Waals surface area contributed by atoms with Crippen LogP contribution < -0.4 is 4.74 Å². The zero-order valence-corrected chi connectivity index (χ0v) is 16.2. The van der Waals surface area contributed by atoms with Crippen molar-refractivity contribution in [1.29, 1.82) is 0 Å². The summed E-state index contributed by atoms with van der Waals surface area (Å²) in [5.74, 6) is 1.24. The Bertz CT molecular complexity index is 793. The summed E-state index contributed by atoms with van der Waals surface area (Å²) >= 11 is 1.37. The molecule has 5 nitrogen and oxygen atoms in total. The van der Waals surface area contributed by atoms with Gasteiger partial charge in [-0.1, -0.05) is 31.5 Å². The van der Waals surface area contributed by atoms with Crippen LogP contribution in [0.1, 0.15) is 54.8 Å². The number of halogens is 1. The van der Waals surface area contributed by atoms with E-state index in [0.717, 1.165) is 23.8 Å². The molecular formula is C19H24FN3O2S.